The van der Waals surface area contributed by atoms with E-state index in [0.29, 0.717) is 18.5 Å². The monoisotopic (exact) mass is 299 g/mol. The highest BCUT2D eigenvalue weighted by Gasteiger charge is 2.34. The van der Waals surface area contributed by atoms with Gasteiger partial charge in [0.25, 0.3) is 0 Å². The standard InChI is InChI=1S/C13H17NO5S/c15-11-3-1-2-4-12(11)20(18,19)14-10-7-5-9(6-8-10)13(16)17/h5-8,11-12,14-15H,1-4H2,(H,16,17)/t11-,12-/m1/s1. The first-order valence-electron chi connectivity index (χ1n) is 6.43. The minimum absolute atomic E-state index is 0.0886. The zero-order valence-electron chi connectivity index (χ0n) is 10.8. The van der Waals surface area contributed by atoms with Gasteiger partial charge in [-0.1, -0.05) is 12.8 Å². The van der Waals surface area contributed by atoms with Crippen molar-refractivity contribution in [2.75, 3.05) is 4.72 Å². The number of sulfonamides is 1. The molecule has 0 aromatic heterocycles. The molecule has 0 unspecified atom stereocenters. The molecule has 6 nitrogen and oxygen atoms in total. The van der Waals surface area contributed by atoms with E-state index in [1.54, 1.807) is 0 Å². The molecule has 110 valence electrons. The number of carboxylic acids is 1. The highest BCUT2D eigenvalue weighted by Crippen LogP contribution is 2.25. The number of rotatable bonds is 4. The predicted molar refractivity (Wildman–Crippen MR) is 74.2 cm³/mol. The summed E-state index contributed by atoms with van der Waals surface area (Å²) in [6.45, 7) is 0. The number of aliphatic hydroxyl groups is 1. The Hall–Kier alpha value is -1.60. The summed E-state index contributed by atoms with van der Waals surface area (Å²) in [5.74, 6) is -1.07. The Morgan fingerprint density at radius 1 is 1.15 bits per heavy atom. The van der Waals surface area contributed by atoms with Gasteiger partial charge in [0.15, 0.2) is 0 Å². The first kappa shape index (κ1) is 14.8. The fraction of sp³-hybridized carbons (Fsp3) is 0.462. The fourth-order valence-electron chi connectivity index (χ4n) is 2.36. The van der Waals surface area contributed by atoms with E-state index in [9.17, 15) is 18.3 Å². The first-order valence-corrected chi connectivity index (χ1v) is 7.98. The Bertz CT molecular complexity index is 581. The van der Waals surface area contributed by atoms with Crippen molar-refractivity contribution in [3.05, 3.63) is 29.8 Å². The SMILES string of the molecule is O=C(O)c1ccc(NS(=O)(=O)[C@@H]2CCCC[C@H]2O)cc1. The molecule has 7 heteroatoms. The summed E-state index contributed by atoms with van der Waals surface area (Å²) in [7, 11) is -3.67. The summed E-state index contributed by atoms with van der Waals surface area (Å²) >= 11 is 0. The van der Waals surface area contributed by atoms with Crippen molar-refractivity contribution >= 4 is 21.7 Å². The van der Waals surface area contributed by atoms with E-state index in [0.717, 1.165) is 12.8 Å². The highest BCUT2D eigenvalue weighted by atomic mass is 32.2. The Morgan fingerprint density at radius 2 is 1.75 bits per heavy atom. The number of aromatic carboxylic acids is 1. The zero-order chi connectivity index (χ0) is 14.8. The lowest BCUT2D eigenvalue weighted by Crippen LogP contribution is -2.40. The predicted octanol–water partition coefficient (Wildman–Crippen LogP) is 1.43. The molecule has 20 heavy (non-hydrogen) atoms. The van der Waals surface area contributed by atoms with E-state index in [2.05, 4.69) is 4.72 Å². The lowest BCUT2D eigenvalue weighted by Gasteiger charge is -2.27. The van der Waals surface area contributed by atoms with Crippen LogP contribution in [-0.4, -0.2) is 36.0 Å². The third-order valence-corrected chi connectivity index (χ3v) is 5.33. The van der Waals surface area contributed by atoms with Crippen molar-refractivity contribution in [3.8, 4) is 0 Å². The van der Waals surface area contributed by atoms with Gasteiger partial charge in [-0.05, 0) is 37.1 Å². The van der Waals surface area contributed by atoms with Gasteiger partial charge < -0.3 is 10.2 Å². The van der Waals surface area contributed by atoms with Crippen molar-refractivity contribution in [1.29, 1.82) is 0 Å². The largest absolute Gasteiger partial charge is 0.478 e. The van der Waals surface area contributed by atoms with Crippen LogP contribution < -0.4 is 4.72 Å². The fourth-order valence-corrected chi connectivity index (χ4v) is 4.00. The summed E-state index contributed by atoms with van der Waals surface area (Å²) in [6.07, 6.45) is 1.69. The second-order valence-electron chi connectivity index (χ2n) is 4.92. The molecular formula is C13H17NO5S. The van der Waals surface area contributed by atoms with Crippen LogP contribution in [0.15, 0.2) is 24.3 Å². The van der Waals surface area contributed by atoms with Crippen molar-refractivity contribution < 1.29 is 23.4 Å². The molecule has 0 spiro atoms. The van der Waals surface area contributed by atoms with E-state index in [1.165, 1.54) is 24.3 Å². The second-order valence-corrected chi connectivity index (χ2v) is 6.82. The van der Waals surface area contributed by atoms with Crippen LogP contribution in [0.2, 0.25) is 0 Å². The number of carboxylic acid groups (broad SMARTS) is 1. The number of hydrogen-bond donors (Lipinski definition) is 3. The Morgan fingerprint density at radius 3 is 2.30 bits per heavy atom. The second kappa shape index (κ2) is 5.80. The van der Waals surface area contributed by atoms with E-state index in [1.807, 2.05) is 0 Å². The van der Waals surface area contributed by atoms with Crippen LogP contribution in [-0.2, 0) is 10.0 Å². The number of aliphatic hydroxyl groups excluding tert-OH is 1. The van der Waals surface area contributed by atoms with E-state index >= 15 is 0 Å². The van der Waals surface area contributed by atoms with Gasteiger partial charge in [0, 0.05) is 5.69 Å². The molecule has 0 saturated heterocycles. The number of benzene rings is 1. The number of anilines is 1. The van der Waals surface area contributed by atoms with Gasteiger partial charge in [0.05, 0.1) is 11.7 Å². The third-order valence-electron chi connectivity index (χ3n) is 3.46. The first-order chi connectivity index (χ1) is 9.40. The molecule has 0 aliphatic heterocycles. The molecule has 1 aliphatic carbocycles. The third kappa shape index (κ3) is 3.29. The summed E-state index contributed by atoms with van der Waals surface area (Å²) in [4.78, 5) is 10.7. The smallest absolute Gasteiger partial charge is 0.335 e. The van der Waals surface area contributed by atoms with Gasteiger partial charge in [-0.3, -0.25) is 4.72 Å². The minimum atomic E-state index is -3.67. The average Bonchev–Trinajstić information content (AvgIpc) is 2.39. The molecular weight excluding hydrogens is 282 g/mol. The Labute approximate surface area is 117 Å². The Balaban J connectivity index is 2.13. The molecule has 2 rings (SSSR count). The van der Waals surface area contributed by atoms with Gasteiger partial charge in [-0.2, -0.15) is 0 Å². The van der Waals surface area contributed by atoms with Gasteiger partial charge in [0.2, 0.25) is 10.0 Å². The molecule has 1 fully saturated rings. The topological polar surface area (TPSA) is 104 Å². The van der Waals surface area contributed by atoms with Crippen LogP contribution in [0.4, 0.5) is 5.69 Å². The van der Waals surface area contributed by atoms with E-state index < -0.39 is 27.3 Å². The maximum Gasteiger partial charge on any atom is 0.335 e. The molecule has 1 aromatic carbocycles. The quantitative estimate of drug-likeness (QED) is 0.780. The van der Waals surface area contributed by atoms with Gasteiger partial charge in [-0.25, -0.2) is 13.2 Å². The van der Waals surface area contributed by atoms with Crippen molar-refractivity contribution in [1.82, 2.24) is 0 Å². The highest BCUT2D eigenvalue weighted by molar-refractivity contribution is 7.93. The number of nitrogens with one attached hydrogen (secondary N) is 1. The molecule has 1 aromatic rings. The minimum Gasteiger partial charge on any atom is -0.478 e. The van der Waals surface area contributed by atoms with Crippen LogP contribution in [0.1, 0.15) is 36.0 Å². The molecule has 1 aliphatic rings. The number of carbonyl (C=O) groups is 1. The molecule has 1 saturated carbocycles. The molecule has 2 atom stereocenters. The Kier molecular flexibility index (Phi) is 4.29. The maximum atomic E-state index is 12.2. The summed E-state index contributed by atoms with van der Waals surface area (Å²) in [5, 5.41) is 17.8. The van der Waals surface area contributed by atoms with Crippen LogP contribution in [0, 0.1) is 0 Å². The molecule has 0 radical (unpaired) electrons. The number of hydrogen-bond acceptors (Lipinski definition) is 4. The average molecular weight is 299 g/mol. The summed E-state index contributed by atoms with van der Waals surface area (Å²) < 4.78 is 26.8. The van der Waals surface area contributed by atoms with Crippen LogP contribution in [0.5, 0.6) is 0 Å². The van der Waals surface area contributed by atoms with Crippen LogP contribution >= 0.6 is 0 Å². The van der Waals surface area contributed by atoms with Gasteiger partial charge >= 0.3 is 5.97 Å². The maximum absolute atomic E-state index is 12.2. The van der Waals surface area contributed by atoms with E-state index in [4.69, 9.17) is 5.11 Å². The normalized spacial score (nSPS) is 23.2. The zero-order valence-corrected chi connectivity index (χ0v) is 11.6. The lowest BCUT2D eigenvalue weighted by atomic mass is 9.97. The lowest BCUT2D eigenvalue weighted by molar-refractivity contribution is 0.0697. The molecule has 3 N–H and O–H groups in total. The van der Waals surface area contributed by atoms with Crippen LogP contribution in [0.25, 0.3) is 0 Å². The van der Waals surface area contributed by atoms with Crippen LogP contribution in [0.3, 0.4) is 0 Å². The van der Waals surface area contributed by atoms with E-state index in [-0.39, 0.29) is 5.56 Å². The van der Waals surface area contributed by atoms with Gasteiger partial charge in [-0.15, -0.1) is 0 Å². The van der Waals surface area contributed by atoms with Gasteiger partial charge in [0.1, 0.15) is 5.25 Å². The summed E-state index contributed by atoms with van der Waals surface area (Å²) in [6, 6.07) is 5.46. The van der Waals surface area contributed by atoms with Crippen molar-refractivity contribution in [3.63, 3.8) is 0 Å². The van der Waals surface area contributed by atoms with Crippen molar-refractivity contribution in [2.24, 2.45) is 0 Å². The molecule has 0 heterocycles. The molecule has 0 amide bonds. The summed E-state index contributed by atoms with van der Waals surface area (Å²) in [5.41, 5.74) is 0.387. The van der Waals surface area contributed by atoms with Crippen molar-refractivity contribution in [2.45, 2.75) is 37.0 Å². The molecule has 0 bridgehead atoms.